The number of hydrogen-bond acceptors (Lipinski definition) is 4. The first-order chi connectivity index (χ1) is 14.1. The van der Waals surface area contributed by atoms with E-state index in [0.717, 1.165) is 30.9 Å². The smallest absolute Gasteiger partial charge is 0.267 e. The predicted molar refractivity (Wildman–Crippen MR) is 125 cm³/mol. The zero-order chi connectivity index (χ0) is 20.0. The summed E-state index contributed by atoms with van der Waals surface area (Å²) >= 11 is 15.7. The Labute approximate surface area is 184 Å². The van der Waals surface area contributed by atoms with E-state index in [2.05, 4.69) is 5.32 Å². The first kappa shape index (κ1) is 18.6. The van der Waals surface area contributed by atoms with Gasteiger partial charge in [0.25, 0.3) is 5.91 Å². The van der Waals surface area contributed by atoms with Gasteiger partial charge < -0.3 is 5.32 Å². The van der Waals surface area contributed by atoms with Crippen molar-refractivity contribution in [1.29, 1.82) is 0 Å². The number of thiophene rings is 1. The van der Waals surface area contributed by atoms with Crippen molar-refractivity contribution in [1.82, 2.24) is 4.98 Å². The quantitative estimate of drug-likeness (QED) is 0.302. The molecule has 1 N–H and O–H groups in total. The Morgan fingerprint density at radius 3 is 2.45 bits per heavy atom. The van der Waals surface area contributed by atoms with Crippen molar-refractivity contribution in [3.05, 3.63) is 81.7 Å². The number of nitrogens with zero attached hydrogens (tertiary/aromatic N) is 1. The van der Waals surface area contributed by atoms with E-state index >= 15 is 0 Å². The number of benzene rings is 3. The number of nitrogens with one attached hydrogen (secondary N) is 1. The fourth-order valence-electron chi connectivity index (χ4n) is 3.13. The van der Waals surface area contributed by atoms with Crippen LogP contribution in [0.3, 0.4) is 0 Å². The molecule has 0 aliphatic carbocycles. The molecular weight excluding hydrogens is 443 g/mol. The van der Waals surface area contributed by atoms with Crippen LogP contribution in [0.4, 0.5) is 5.69 Å². The van der Waals surface area contributed by atoms with Crippen LogP contribution in [0.25, 0.3) is 30.9 Å². The fraction of sp³-hybridized carbons (Fsp3) is 0. The summed E-state index contributed by atoms with van der Waals surface area (Å²) in [5, 5.41) is 5.72. The molecule has 0 radical (unpaired) electrons. The number of fused-ring (bicyclic) bond motifs is 2. The highest BCUT2D eigenvalue weighted by atomic mass is 35.5. The average molecular weight is 455 g/mol. The summed E-state index contributed by atoms with van der Waals surface area (Å²) in [6.45, 7) is 0. The number of para-hydroxylation sites is 1. The summed E-state index contributed by atoms with van der Waals surface area (Å²) in [5.74, 6) is -0.249. The van der Waals surface area contributed by atoms with Gasteiger partial charge >= 0.3 is 0 Å². The molecule has 2 heterocycles. The first-order valence-corrected chi connectivity index (χ1v) is 11.1. The molecule has 7 heteroatoms. The lowest BCUT2D eigenvalue weighted by atomic mass is 10.1. The van der Waals surface area contributed by atoms with E-state index in [0.29, 0.717) is 20.6 Å². The lowest BCUT2D eigenvalue weighted by Crippen LogP contribution is -2.11. The second kappa shape index (κ2) is 7.43. The van der Waals surface area contributed by atoms with Crippen molar-refractivity contribution in [2.24, 2.45) is 0 Å². The molecule has 0 fully saturated rings. The maximum atomic E-state index is 13.0. The fourth-order valence-corrected chi connectivity index (χ4v) is 5.71. The number of hydrogen-bond donors (Lipinski definition) is 1. The molecule has 3 nitrogen and oxygen atoms in total. The number of halogens is 2. The van der Waals surface area contributed by atoms with Crippen LogP contribution in [0.5, 0.6) is 0 Å². The zero-order valence-corrected chi connectivity index (χ0v) is 17.9. The minimum Gasteiger partial charge on any atom is -0.321 e. The van der Waals surface area contributed by atoms with Gasteiger partial charge in [0.15, 0.2) is 0 Å². The van der Waals surface area contributed by atoms with E-state index in [1.807, 2.05) is 54.6 Å². The van der Waals surface area contributed by atoms with Crippen LogP contribution in [0.15, 0.2) is 66.7 Å². The number of thiazole rings is 1. The molecule has 0 saturated heterocycles. The van der Waals surface area contributed by atoms with E-state index in [1.54, 1.807) is 23.5 Å². The average Bonchev–Trinajstić information content (AvgIpc) is 3.31. The van der Waals surface area contributed by atoms with Gasteiger partial charge in [0, 0.05) is 20.7 Å². The van der Waals surface area contributed by atoms with Crippen LogP contribution >= 0.6 is 45.9 Å². The first-order valence-electron chi connectivity index (χ1n) is 8.74. The van der Waals surface area contributed by atoms with E-state index in [4.69, 9.17) is 28.2 Å². The number of rotatable bonds is 3. The van der Waals surface area contributed by atoms with Gasteiger partial charge in [0.1, 0.15) is 9.88 Å². The lowest BCUT2D eigenvalue weighted by molar-refractivity contribution is 0.103. The molecule has 2 aromatic heterocycles. The van der Waals surface area contributed by atoms with E-state index in [1.165, 1.54) is 11.3 Å². The molecule has 5 aromatic rings. The third-order valence-electron chi connectivity index (χ3n) is 4.50. The van der Waals surface area contributed by atoms with Gasteiger partial charge in [-0.15, -0.1) is 22.7 Å². The lowest BCUT2D eigenvalue weighted by Gasteiger charge is -2.09. The SMILES string of the molecule is O=C(Nc1ccc(Cl)cc1-c1nc2ccccc2s1)c1sc2ccccc2c1Cl. The molecule has 0 atom stereocenters. The van der Waals surface area contributed by atoms with E-state index in [-0.39, 0.29) is 5.91 Å². The Hall–Kier alpha value is -2.44. The zero-order valence-electron chi connectivity index (χ0n) is 14.8. The van der Waals surface area contributed by atoms with E-state index < -0.39 is 0 Å². The molecule has 5 rings (SSSR count). The Balaban J connectivity index is 1.56. The van der Waals surface area contributed by atoms with Gasteiger partial charge in [-0.2, -0.15) is 0 Å². The van der Waals surface area contributed by atoms with Gasteiger partial charge in [0.05, 0.1) is 20.9 Å². The number of anilines is 1. The van der Waals surface area contributed by atoms with Gasteiger partial charge in [-0.3, -0.25) is 4.79 Å². The summed E-state index contributed by atoms with van der Waals surface area (Å²) in [5.41, 5.74) is 2.34. The molecule has 3 aromatic carbocycles. The van der Waals surface area contributed by atoms with Crippen molar-refractivity contribution in [2.45, 2.75) is 0 Å². The largest absolute Gasteiger partial charge is 0.321 e. The van der Waals surface area contributed by atoms with Crippen LogP contribution in [-0.2, 0) is 0 Å². The molecule has 0 spiro atoms. The number of carbonyl (C=O) groups excluding carboxylic acids is 1. The minimum absolute atomic E-state index is 0.249. The third-order valence-corrected chi connectivity index (χ3v) is 7.47. The number of aromatic nitrogens is 1. The summed E-state index contributed by atoms with van der Waals surface area (Å²) in [7, 11) is 0. The summed E-state index contributed by atoms with van der Waals surface area (Å²) in [6, 6.07) is 21.0. The maximum absolute atomic E-state index is 13.0. The van der Waals surface area contributed by atoms with Crippen molar-refractivity contribution in [2.75, 3.05) is 5.32 Å². The van der Waals surface area contributed by atoms with Gasteiger partial charge in [-0.25, -0.2) is 4.98 Å². The van der Waals surface area contributed by atoms with Crippen LogP contribution in [0.2, 0.25) is 10.0 Å². The Kier molecular flexibility index (Phi) is 4.76. The number of carbonyl (C=O) groups is 1. The Morgan fingerprint density at radius 2 is 1.66 bits per heavy atom. The monoisotopic (exact) mass is 454 g/mol. The van der Waals surface area contributed by atoms with Gasteiger partial charge in [-0.05, 0) is 36.4 Å². The Morgan fingerprint density at radius 1 is 0.897 bits per heavy atom. The van der Waals surface area contributed by atoms with Crippen molar-refractivity contribution < 1.29 is 4.79 Å². The van der Waals surface area contributed by atoms with Gasteiger partial charge in [-0.1, -0.05) is 53.5 Å². The van der Waals surface area contributed by atoms with Crippen LogP contribution < -0.4 is 5.32 Å². The highest BCUT2D eigenvalue weighted by molar-refractivity contribution is 7.22. The molecule has 0 saturated carbocycles. The minimum atomic E-state index is -0.249. The highest BCUT2D eigenvalue weighted by Gasteiger charge is 2.19. The third kappa shape index (κ3) is 3.40. The molecule has 0 aliphatic rings. The second-order valence-corrected chi connectivity index (χ2v) is 9.27. The van der Waals surface area contributed by atoms with Crippen LogP contribution in [0.1, 0.15) is 9.67 Å². The topological polar surface area (TPSA) is 42.0 Å². The van der Waals surface area contributed by atoms with Crippen molar-refractivity contribution in [3.63, 3.8) is 0 Å². The number of amides is 1. The molecular formula is C22H12Cl2N2OS2. The molecule has 0 aliphatic heterocycles. The molecule has 142 valence electrons. The predicted octanol–water partition coefficient (Wildman–Crippen LogP) is 7.74. The molecule has 0 bridgehead atoms. The van der Waals surface area contributed by atoms with Crippen LogP contribution in [0, 0.1) is 0 Å². The van der Waals surface area contributed by atoms with E-state index in [9.17, 15) is 4.79 Å². The summed E-state index contributed by atoms with van der Waals surface area (Å²) in [6.07, 6.45) is 0. The molecule has 1 amide bonds. The molecule has 29 heavy (non-hydrogen) atoms. The van der Waals surface area contributed by atoms with Crippen LogP contribution in [-0.4, -0.2) is 10.9 Å². The summed E-state index contributed by atoms with van der Waals surface area (Å²) < 4.78 is 2.05. The summed E-state index contributed by atoms with van der Waals surface area (Å²) in [4.78, 5) is 18.2. The maximum Gasteiger partial charge on any atom is 0.267 e. The van der Waals surface area contributed by atoms with Gasteiger partial charge in [0.2, 0.25) is 0 Å². The second-order valence-electron chi connectivity index (χ2n) is 6.37. The van der Waals surface area contributed by atoms with Crippen molar-refractivity contribution >= 4 is 77.8 Å². The standard InChI is InChI=1S/C22H12Cl2N2OS2/c23-12-9-10-15(14(11-12)22-26-16-6-2-4-8-18(16)29-22)25-21(27)20-19(24)13-5-1-3-7-17(13)28-20/h1-11H,(H,25,27). The van der Waals surface area contributed by atoms with Crippen molar-refractivity contribution in [3.8, 4) is 10.6 Å². The normalized spacial score (nSPS) is 11.2. The Bertz CT molecular complexity index is 1360. The highest BCUT2D eigenvalue weighted by Crippen LogP contribution is 2.38. The molecule has 0 unspecified atom stereocenters.